The van der Waals surface area contributed by atoms with Gasteiger partial charge in [0.1, 0.15) is 17.6 Å². The Bertz CT molecular complexity index is 1250. The highest BCUT2D eigenvalue weighted by Gasteiger charge is 2.44. The van der Waals surface area contributed by atoms with E-state index in [9.17, 15) is 22.4 Å². The van der Waals surface area contributed by atoms with E-state index >= 15 is 0 Å². The number of hydrogen-bond acceptors (Lipinski definition) is 7. The summed E-state index contributed by atoms with van der Waals surface area (Å²) in [5.41, 5.74) is 0.361. The number of piperidine rings is 2. The molecule has 3 atom stereocenters. The molecule has 5 heterocycles. The number of pyridine rings is 2. The summed E-state index contributed by atoms with van der Waals surface area (Å²) in [6, 6.07) is 3.69. The Balaban J connectivity index is 1.44. The fraction of sp³-hybridized carbons (Fsp3) is 0.375. The Morgan fingerprint density at radius 2 is 1.91 bits per heavy atom. The van der Waals surface area contributed by atoms with E-state index in [1.807, 2.05) is 17.9 Å². The molecular weight excluding hydrogens is 466 g/mol. The molecule has 2 bridgehead atoms. The number of carbonyl (C=O) groups is 1. The number of carbonyl (C=O) groups excluding carboxylic acids is 1. The Morgan fingerprint density at radius 3 is 2.57 bits per heavy atom. The highest BCUT2D eigenvalue weighted by molar-refractivity contribution is 5.84. The molecule has 1 saturated carbocycles. The molecule has 0 amide bonds. The molecule has 2 saturated heterocycles. The maximum atomic E-state index is 14.4. The van der Waals surface area contributed by atoms with E-state index in [1.165, 1.54) is 0 Å². The molecule has 0 spiro atoms. The van der Waals surface area contributed by atoms with Crippen molar-refractivity contribution >= 4 is 12.1 Å². The summed E-state index contributed by atoms with van der Waals surface area (Å²) in [4.78, 5) is 30.5. The fourth-order valence-electron chi connectivity index (χ4n) is 4.93. The minimum atomic E-state index is -4.69. The smallest absolute Gasteiger partial charge is 0.417 e. The van der Waals surface area contributed by atoms with Gasteiger partial charge in [-0.05, 0) is 55.9 Å². The molecule has 1 aliphatic carbocycles. The number of rotatable bonds is 5. The third kappa shape index (κ3) is 4.42. The lowest BCUT2D eigenvalue weighted by atomic mass is 9.77. The van der Waals surface area contributed by atoms with E-state index in [0.29, 0.717) is 48.7 Å². The van der Waals surface area contributed by atoms with Gasteiger partial charge in [0.05, 0.1) is 11.6 Å². The molecule has 6 rings (SSSR count). The Kier molecular flexibility index (Phi) is 5.86. The molecule has 182 valence electrons. The summed E-state index contributed by atoms with van der Waals surface area (Å²) in [5.74, 6) is -0.388. The van der Waals surface area contributed by atoms with Crippen molar-refractivity contribution in [2.24, 2.45) is 5.92 Å². The van der Waals surface area contributed by atoms with Gasteiger partial charge in [-0.25, -0.2) is 24.3 Å². The monoisotopic (exact) mass is 487 g/mol. The number of nitrogens with zero attached hydrogens (tertiary/aromatic N) is 5. The van der Waals surface area contributed by atoms with Crippen molar-refractivity contribution in [1.29, 1.82) is 0 Å². The van der Waals surface area contributed by atoms with Gasteiger partial charge in [-0.2, -0.15) is 13.2 Å². The van der Waals surface area contributed by atoms with Crippen molar-refractivity contribution in [3.63, 3.8) is 0 Å². The predicted molar refractivity (Wildman–Crippen MR) is 117 cm³/mol. The minimum absolute atomic E-state index is 0.200. The molecule has 3 aromatic rings. The van der Waals surface area contributed by atoms with Gasteiger partial charge in [0.2, 0.25) is 0 Å². The van der Waals surface area contributed by atoms with E-state index in [4.69, 9.17) is 4.74 Å². The van der Waals surface area contributed by atoms with Gasteiger partial charge in [-0.15, -0.1) is 0 Å². The molecule has 7 nitrogen and oxygen atoms in total. The summed E-state index contributed by atoms with van der Waals surface area (Å²) in [6.07, 6.45) is 1.52. The first-order chi connectivity index (χ1) is 16.7. The van der Waals surface area contributed by atoms with Crippen LogP contribution < -0.4 is 9.64 Å². The molecule has 11 heteroatoms. The zero-order valence-electron chi connectivity index (χ0n) is 18.7. The molecule has 0 N–H and O–H groups in total. The third-order valence-electron chi connectivity index (χ3n) is 6.52. The molecule has 3 fully saturated rings. The second kappa shape index (κ2) is 8.86. The van der Waals surface area contributed by atoms with Gasteiger partial charge in [-0.3, -0.25) is 4.79 Å². The molecule has 0 radical (unpaired) electrons. The SMILES string of the molecule is Cc1cc(-c2ncccn2)c(C=O)nc1N1C[C@@H]2CC[C@H]1[C@H](Oc1ncc(C(F)(F)F)cc1F)C2. The summed E-state index contributed by atoms with van der Waals surface area (Å²) < 4.78 is 58.8. The van der Waals surface area contributed by atoms with Crippen LogP contribution in [0.25, 0.3) is 11.4 Å². The first-order valence-corrected chi connectivity index (χ1v) is 11.1. The van der Waals surface area contributed by atoms with Crippen LogP contribution in [0.1, 0.15) is 40.9 Å². The largest absolute Gasteiger partial charge is 0.470 e. The Hall–Kier alpha value is -3.63. The highest BCUT2D eigenvalue weighted by Crippen LogP contribution is 2.41. The van der Waals surface area contributed by atoms with Gasteiger partial charge in [0, 0.05) is 30.7 Å². The predicted octanol–water partition coefficient (Wildman–Crippen LogP) is 4.65. The van der Waals surface area contributed by atoms with Crippen molar-refractivity contribution in [2.75, 3.05) is 11.4 Å². The number of anilines is 1. The first-order valence-electron chi connectivity index (χ1n) is 11.1. The zero-order chi connectivity index (χ0) is 24.7. The van der Waals surface area contributed by atoms with E-state index < -0.39 is 29.5 Å². The first kappa shape index (κ1) is 23.1. The highest BCUT2D eigenvalue weighted by atomic mass is 19.4. The fourth-order valence-corrected chi connectivity index (χ4v) is 4.93. The van der Waals surface area contributed by atoms with Gasteiger partial charge in [0.25, 0.3) is 5.88 Å². The number of ether oxygens (including phenoxy) is 1. The Labute approximate surface area is 198 Å². The maximum absolute atomic E-state index is 14.4. The van der Waals surface area contributed by atoms with Crippen molar-refractivity contribution in [3.8, 4) is 17.3 Å². The molecule has 0 unspecified atom stereocenters. The topological polar surface area (TPSA) is 81.1 Å². The Morgan fingerprint density at radius 1 is 1.14 bits per heavy atom. The number of aryl methyl sites for hydroxylation is 1. The quantitative estimate of drug-likeness (QED) is 0.383. The van der Waals surface area contributed by atoms with Crippen LogP contribution >= 0.6 is 0 Å². The van der Waals surface area contributed by atoms with Crippen molar-refractivity contribution in [1.82, 2.24) is 19.9 Å². The zero-order valence-corrected chi connectivity index (χ0v) is 18.7. The van der Waals surface area contributed by atoms with Crippen LogP contribution in [0, 0.1) is 18.7 Å². The van der Waals surface area contributed by atoms with Crippen LogP contribution in [-0.2, 0) is 6.18 Å². The summed E-state index contributed by atoms with van der Waals surface area (Å²) in [5, 5.41) is 0. The summed E-state index contributed by atoms with van der Waals surface area (Å²) in [6.45, 7) is 2.55. The van der Waals surface area contributed by atoms with Crippen LogP contribution in [0.4, 0.5) is 23.4 Å². The average molecular weight is 487 g/mol. The van der Waals surface area contributed by atoms with Crippen LogP contribution in [-0.4, -0.2) is 44.9 Å². The van der Waals surface area contributed by atoms with Gasteiger partial charge in [-0.1, -0.05) is 0 Å². The second-order valence-electron chi connectivity index (χ2n) is 8.82. The maximum Gasteiger partial charge on any atom is 0.417 e. The second-order valence-corrected chi connectivity index (χ2v) is 8.82. The molecule has 35 heavy (non-hydrogen) atoms. The summed E-state index contributed by atoms with van der Waals surface area (Å²) in [7, 11) is 0. The number of aldehydes is 1. The van der Waals surface area contributed by atoms with Gasteiger partial charge in [0.15, 0.2) is 17.9 Å². The van der Waals surface area contributed by atoms with Gasteiger partial charge < -0.3 is 9.64 Å². The van der Waals surface area contributed by atoms with E-state index in [0.717, 1.165) is 18.4 Å². The number of halogens is 4. The average Bonchev–Trinajstić information content (AvgIpc) is 2.85. The van der Waals surface area contributed by atoms with Crippen LogP contribution in [0.3, 0.4) is 0 Å². The van der Waals surface area contributed by atoms with Crippen LogP contribution in [0.2, 0.25) is 0 Å². The lowest BCUT2D eigenvalue weighted by molar-refractivity contribution is -0.138. The van der Waals surface area contributed by atoms with E-state index in [-0.39, 0.29) is 17.7 Å². The standard InChI is InChI=1S/C24H21F4N5O2/c1-13-7-16(21-29-5-2-6-30-21)18(12-34)32-22(13)33-11-14-3-4-19(33)20(8-14)35-23-17(25)9-15(10-31-23)24(26,27)28/h2,5-7,9-10,12,14,19-20H,3-4,8,11H2,1H3/t14-,19+,20-/m1/s1. The number of aromatic nitrogens is 4. The third-order valence-corrected chi connectivity index (χ3v) is 6.52. The van der Waals surface area contributed by atoms with E-state index in [1.54, 1.807) is 18.5 Å². The van der Waals surface area contributed by atoms with Crippen molar-refractivity contribution in [2.45, 2.75) is 44.5 Å². The minimum Gasteiger partial charge on any atom is -0.470 e. The van der Waals surface area contributed by atoms with Crippen molar-refractivity contribution < 1.29 is 27.1 Å². The summed E-state index contributed by atoms with van der Waals surface area (Å²) >= 11 is 0. The normalized spacial score (nSPS) is 21.7. The molecule has 3 aliphatic rings. The molecule has 2 aliphatic heterocycles. The van der Waals surface area contributed by atoms with Gasteiger partial charge >= 0.3 is 6.18 Å². The molecule has 0 aromatic carbocycles. The van der Waals surface area contributed by atoms with Crippen LogP contribution in [0.15, 0.2) is 36.8 Å². The molecular formula is C24H21F4N5O2. The number of alkyl halides is 3. The lowest BCUT2D eigenvalue weighted by Crippen LogP contribution is -2.58. The number of hydrogen-bond donors (Lipinski definition) is 0. The van der Waals surface area contributed by atoms with E-state index in [2.05, 4.69) is 19.9 Å². The molecule has 3 aromatic heterocycles. The van der Waals surface area contributed by atoms with Crippen LogP contribution in [0.5, 0.6) is 5.88 Å². The number of fused-ring (bicyclic) bond motifs is 3. The van der Waals surface area contributed by atoms with Crippen molar-refractivity contribution in [3.05, 3.63) is 59.4 Å². The lowest BCUT2D eigenvalue weighted by Gasteiger charge is -2.50.